The second kappa shape index (κ2) is 12.5. The highest BCUT2D eigenvalue weighted by Crippen LogP contribution is 2.66. The van der Waals surface area contributed by atoms with E-state index in [-0.39, 0.29) is 0 Å². The van der Waals surface area contributed by atoms with Crippen LogP contribution in [0.5, 0.6) is 0 Å². The van der Waals surface area contributed by atoms with Crippen molar-refractivity contribution in [3.8, 4) is 44.5 Å². The van der Waals surface area contributed by atoms with Crippen molar-refractivity contribution in [1.82, 2.24) is 0 Å². The third-order valence-electron chi connectivity index (χ3n) is 12.3. The van der Waals surface area contributed by atoms with E-state index < -0.39 is 5.41 Å². The maximum Gasteiger partial charge on any atom is 0.0738 e. The van der Waals surface area contributed by atoms with Crippen molar-refractivity contribution < 1.29 is 0 Å². The summed E-state index contributed by atoms with van der Waals surface area (Å²) in [6.07, 6.45) is 0. The Bertz CT molecular complexity index is 3150. The van der Waals surface area contributed by atoms with Crippen LogP contribution in [-0.2, 0) is 5.41 Å². The van der Waals surface area contributed by atoms with E-state index in [2.05, 4.69) is 217 Å². The Balaban J connectivity index is 1.07. The lowest BCUT2D eigenvalue weighted by atomic mass is 9.67. The van der Waals surface area contributed by atoms with Crippen LogP contribution in [0.2, 0.25) is 0 Å². The Hall–Kier alpha value is -7.00. The first kappa shape index (κ1) is 32.3. The average molecular weight is 742 g/mol. The van der Waals surface area contributed by atoms with Crippen molar-refractivity contribution in [2.75, 3.05) is 4.90 Å². The molecule has 0 fully saturated rings. The number of nitrogens with zero attached hydrogens (tertiary/aromatic N) is 1. The molecule has 0 saturated heterocycles. The van der Waals surface area contributed by atoms with E-state index in [9.17, 15) is 0 Å². The van der Waals surface area contributed by atoms with E-state index in [1.54, 1.807) is 0 Å². The smallest absolute Gasteiger partial charge is 0.0738 e. The maximum atomic E-state index is 2.39. The van der Waals surface area contributed by atoms with Crippen LogP contribution in [-0.4, -0.2) is 0 Å². The highest BCUT2D eigenvalue weighted by atomic mass is 32.1. The zero-order valence-corrected chi connectivity index (χ0v) is 31.9. The van der Waals surface area contributed by atoms with E-state index in [1.807, 2.05) is 11.3 Å². The Labute approximate surface area is 336 Å². The molecule has 1 atom stereocenters. The van der Waals surface area contributed by atoms with Crippen molar-refractivity contribution >= 4 is 48.6 Å². The number of para-hydroxylation sites is 1. The average Bonchev–Trinajstić information content (AvgIpc) is 3.92. The topological polar surface area (TPSA) is 3.24 Å². The first-order chi connectivity index (χ1) is 28.3. The number of anilines is 3. The maximum absolute atomic E-state index is 2.39. The minimum Gasteiger partial charge on any atom is -0.311 e. The first-order valence-electron chi connectivity index (χ1n) is 19.7. The molecule has 57 heavy (non-hydrogen) atoms. The molecule has 0 radical (unpaired) electrons. The lowest BCUT2D eigenvalue weighted by Gasteiger charge is -2.33. The van der Waals surface area contributed by atoms with E-state index in [0.717, 1.165) is 17.1 Å². The summed E-state index contributed by atoms with van der Waals surface area (Å²) < 4.78 is 2.67. The minimum atomic E-state index is -0.479. The fraction of sp³-hybridized carbons (Fsp3) is 0.0182. The van der Waals surface area contributed by atoms with E-state index in [0.29, 0.717) is 0 Å². The van der Waals surface area contributed by atoms with Gasteiger partial charge in [0.15, 0.2) is 0 Å². The summed E-state index contributed by atoms with van der Waals surface area (Å²) >= 11 is 1.91. The number of rotatable bonds is 5. The highest BCUT2D eigenvalue weighted by molar-refractivity contribution is 7.25. The molecule has 1 unspecified atom stereocenters. The van der Waals surface area contributed by atoms with Gasteiger partial charge < -0.3 is 4.90 Å². The molecule has 1 aromatic heterocycles. The number of hydrogen-bond donors (Lipinski definition) is 0. The molecule has 2 heteroatoms. The van der Waals surface area contributed by atoms with Crippen LogP contribution < -0.4 is 4.90 Å². The van der Waals surface area contributed by atoms with Crippen LogP contribution in [0, 0.1) is 0 Å². The molecule has 0 saturated carbocycles. The molecule has 10 aromatic rings. The summed E-state index contributed by atoms with van der Waals surface area (Å²) in [5.41, 5.74) is 18.6. The van der Waals surface area contributed by atoms with E-state index in [4.69, 9.17) is 0 Å². The van der Waals surface area contributed by atoms with Gasteiger partial charge in [-0.2, -0.15) is 0 Å². The molecule has 266 valence electrons. The van der Waals surface area contributed by atoms with Gasteiger partial charge in [0.1, 0.15) is 0 Å². The van der Waals surface area contributed by atoms with Crippen LogP contribution in [0.4, 0.5) is 17.1 Å². The Kier molecular flexibility index (Phi) is 7.08. The SMILES string of the molecule is c1ccc(-c2ccc(N(c3ccccc3)c3ccc(-c4cccc5c4C4(c6ccccc6-5)c5ccccc5-c5ccc6sc7ccccc7c6c54)cc3)cc2)cc1. The fourth-order valence-corrected chi connectivity index (χ4v) is 11.1. The molecule has 0 aliphatic heterocycles. The quantitative estimate of drug-likeness (QED) is 0.170. The highest BCUT2D eigenvalue weighted by Gasteiger charge is 2.53. The van der Waals surface area contributed by atoms with Gasteiger partial charge >= 0.3 is 0 Å². The van der Waals surface area contributed by atoms with Gasteiger partial charge in [0.2, 0.25) is 0 Å². The molecule has 0 N–H and O–H groups in total. The summed E-state index contributed by atoms with van der Waals surface area (Å²) in [5.74, 6) is 0. The van der Waals surface area contributed by atoms with Gasteiger partial charge in [-0.05, 0) is 115 Å². The largest absolute Gasteiger partial charge is 0.311 e. The lowest BCUT2D eigenvalue weighted by molar-refractivity contribution is 0.804. The van der Waals surface area contributed by atoms with Gasteiger partial charge in [-0.15, -0.1) is 11.3 Å². The molecule has 1 heterocycles. The number of thiophene rings is 1. The number of fused-ring (bicyclic) bond motifs is 14. The monoisotopic (exact) mass is 741 g/mol. The Morgan fingerprint density at radius 2 is 0.825 bits per heavy atom. The molecule has 2 aliphatic rings. The fourth-order valence-electron chi connectivity index (χ4n) is 10.00. The second-order valence-corrected chi connectivity index (χ2v) is 16.2. The van der Waals surface area contributed by atoms with Crippen LogP contribution in [0.15, 0.2) is 212 Å². The van der Waals surface area contributed by atoms with Crippen LogP contribution >= 0.6 is 11.3 Å². The van der Waals surface area contributed by atoms with E-state index in [1.165, 1.54) is 86.9 Å². The van der Waals surface area contributed by atoms with Crippen molar-refractivity contribution in [3.63, 3.8) is 0 Å². The normalized spacial score (nSPS) is 14.7. The molecular weight excluding hydrogens is 707 g/mol. The predicted octanol–water partition coefficient (Wildman–Crippen LogP) is 15.2. The van der Waals surface area contributed by atoms with Gasteiger partial charge in [-0.1, -0.05) is 164 Å². The molecule has 1 spiro atoms. The third kappa shape index (κ3) is 4.62. The Morgan fingerprint density at radius 3 is 1.53 bits per heavy atom. The summed E-state index contributed by atoms with van der Waals surface area (Å²) in [5, 5.41) is 2.72. The summed E-state index contributed by atoms with van der Waals surface area (Å²) in [7, 11) is 0. The van der Waals surface area contributed by atoms with Gasteiger partial charge in [-0.25, -0.2) is 0 Å². The first-order valence-corrected chi connectivity index (χ1v) is 20.5. The molecule has 1 nitrogen and oxygen atoms in total. The van der Waals surface area contributed by atoms with Gasteiger partial charge in [0.05, 0.1) is 5.41 Å². The summed E-state index contributed by atoms with van der Waals surface area (Å²) in [4.78, 5) is 2.35. The second-order valence-electron chi connectivity index (χ2n) is 15.2. The molecule has 0 amide bonds. The third-order valence-corrected chi connectivity index (χ3v) is 13.4. The van der Waals surface area contributed by atoms with Crippen LogP contribution in [0.25, 0.3) is 64.7 Å². The molecular formula is C55H35NS. The molecule has 2 aliphatic carbocycles. The van der Waals surface area contributed by atoms with Gasteiger partial charge in [0, 0.05) is 37.2 Å². The number of benzene rings is 9. The van der Waals surface area contributed by atoms with Crippen molar-refractivity contribution in [3.05, 3.63) is 235 Å². The zero-order valence-electron chi connectivity index (χ0n) is 31.1. The van der Waals surface area contributed by atoms with Crippen LogP contribution in [0.3, 0.4) is 0 Å². The lowest BCUT2D eigenvalue weighted by Crippen LogP contribution is -2.27. The zero-order chi connectivity index (χ0) is 37.5. The van der Waals surface area contributed by atoms with Crippen molar-refractivity contribution in [1.29, 1.82) is 0 Å². The molecule has 12 rings (SSSR count). The standard InChI is InChI=1S/C55H35NS/c1-3-14-36(15-4-1)37-26-30-40(31-27-37)56(39-16-5-2-6-17-39)41-32-28-38(29-33-41)42-21-13-22-45-43-18-7-10-23-48(43)55(53(42)45)49-24-11-8-19-44(49)46-34-35-51-52(54(46)55)47-20-9-12-25-50(47)57-51/h1-35H. The minimum absolute atomic E-state index is 0.479. The predicted molar refractivity (Wildman–Crippen MR) is 241 cm³/mol. The van der Waals surface area contributed by atoms with Crippen molar-refractivity contribution in [2.24, 2.45) is 0 Å². The van der Waals surface area contributed by atoms with Gasteiger partial charge in [-0.3, -0.25) is 0 Å². The Morgan fingerprint density at radius 1 is 0.316 bits per heavy atom. The molecule has 0 bridgehead atoms. The van der Waals surface area contributed by atoms with Crippen molar-refractivity contribution in [2.45, 2.75) is 5.41 Å². The summed E-state index contributed by atoms with van der Waals surface area (Å²) in [6.45, 7) is 0. The summed E-state index contributed by atoms with van der Waals surface area (Å²) in [6, 6.07) is 78.5. The van der Waals surface area contributed by atoms with E-state index >= 15 is 0 Å². The van der Waals surface area contributed by atoms with Gasteiger partial charge in [0.25, 0.3) is 0 Å². The molecule has 9 aromatic carbocycles. The number of hydrogen-bond acceptors (Lipinski definition) is 2. The van der Waals surface area contributed by atoms with Crippen LogP contribution in [0.1, 0.15) is 22.3 Å².